The van der Waals surface area contributed by atoms with Crippen LogP contribution in [-0.4, -0.2) is 101 Å². The van der Waals surface area contributed by atoms with Crippen molar-refractivity contribution in [3.63, 3.8) is 0 Å². The van der Waals surface area contributed by atoms with Crippen molar-refractivity contribution in [2.24, 2.45) is 4.99 Å². The molecular formula is C21H22F2N8O10P2S2. The SMILES string of the molecule is Nc1nc2c(ncn2[C@@H]2O[C@@H]3COP(O)(=S)O[C@H]4[C@H](F)[C@H](n5cnc6c5N=CCC6=O)O[C@@H]4COP(O)(=S)O[C@@H]2[C@@H]3F)c(=O)[nH]1. The number of nitrogen functional groups attached to an aromatic ring is 1. The molecule has 2 bridgehead atoms. The molecule has 7 heterocycles. The van der Waals surface area contributed by atoms with Crippen LogP contribution < -0.4 is 11.3 Å². The summed E-state index contributed by atoms with van der Waals surface area (Å²) in [6.45, 7) is -10.1. The van der Waals surface area contributed by atoms with Gasteiger partial charge in [0, 0.05) is 12.6 Å². The molecule has 0 radical (unpaired) electrons. The molecular weight excluding hydrogens is 688 g/mol. The van der Waals surface area contributed by atoms with Crippen LogP contribution in [0.3, 0.4) is 0 Å². The van der Waals surface area contributed by atoms with Crippen molar-refractivity contribution in [3.05, 3.63) is 28.7 Å². The van der Waals surface area contributed by atoms with E-state index in [1.807, 2.05) is 0 Å². The molecule has 4 aliphatic rings. The molecule has 24 heteroatoms. The summed E-state index contributed by atoms with van der Waals surface area (Å²) in [7, 11) is 0. The van der Waals surface area contributed by atoms with Gasteiger partial charge in [-0.2, -0.15) is 4.98 Å². The highest BCUT2D eigenvalue weighted by molar-refractivity contribution is 8.07. The van der Waals surface area contributed by atoms with Gasteiger partial charge < -0.3 is 34.0 Å². The number of anilines is 1. The summed E-state index contributed by atoms with van der Waals surface area (Å²) < 4.78 is 67.7. The molecule has 0 aromatic carbocycles. The molecule has 3 aromatic heterocycles. The maximum Gasteiger partial charge on any atom is 0.325 e. The number of ketones is 1. The number of nitrogens with one attached hydrogen (secondary N) is 1. The Bertz CT molecular complexity index is 1880. The fraction of sp³-hybridized carbons (Fsp3) is 0.524. The minimum atomic E-state index is -4.36. The summed E-state index contributed by atoms with van der Waals surface area (Å²) in [5.74, 6) is -0.548. The number of halogens is 2. The highest BCUT2D eigenvalue weighted by Gasteiger charge is 2.54. The average Bonchev–Trinajstić information content (AvgIpc) is 3.72. The van der Waals surface area contributed by atoms with Crippen molar-refractivity contribution in [3.8, 4) is 0 Å². The zero-order chi connectivity index (χ0) is 31.8. The van der Waals surface area contributed by atoms with E-state index in [2.05, 4.69) is 24.9 Å². The number of aromatic nitrogens is 6. The van der Waals surface area contributed by atoms with Gasteiger partial charge in [0.1, 0.15) is 24.4 Å². The number of carbonyl (C=O) groups is 1. The van der Waals surface area contributed by atoms with Gasteiger partial charge in [-0.1, -0.05) is 0 Å². The van der Waals surface area contributed by atoms with E-state index >= 15 is 8.78 Å². The Morgan fingerprint density at radius 1 is 0.956 bits per heavy atom. The molecule has 3 aromatic rings. The molecule has 45 heavy (non-hydrogen) atoms. The molecule has 0 saturated carbocycles. The van der Waals surface area contributed by atoms with Crippen LogP contribution in [0.15, 0.2) is 22.4 Å². The van der Waals surface area contributed by atoms with Crippen LogP contribution in [-0.2, 0) is 51.2 Å². The van der Waals surface area contributed by atoms with Crippen LogP contribution in [0.25, 0.3) is 11.2 Å². The van der Waals surface area contributed by atoms with E-state index < -0.39 is 81.4 Å². The van der Waals surface area contributed by atoms with E-state index in [-0.39, 0.29) is 40.8 Å². The van der Waals surface area contributed by atoms with Crippen LogP contribution in [0, 0.1) is 0 Å². The van der Waals surface area contributed by atoms with Crippen LogP contribution in [0.4, 0.5) is 20.5 Å². The van der Waals surface area contributed by atoms with Crippen LogP contribution in [0.1, 0.15) is 29.4 Å². The second-order valence-electron chi connectivity index (χ2n) is 10.2. The smallest absolute Gasteiger partial charge is 0.325 e. The molecule has 0 aliphatic carbocycles. The molecule has 0 spiro atoms. The van der Waals surface area contributed by atoms with Crippen molar-refractivity contribution < 1.29 is 50.9 Å². The van der Waals surface area contributed by atoms with E-state index in [0.717, 1.165) is 10.9 Å². The first-order valence-corrected chi connectivity index (χ1v) is 18.3. The standard InChI is InChI=1S/C21H22F2N8O10P2S2/c22-10-8-3-36-42(34,44)40-14-9(39-19(11(14)23)30-5-26-12-7(32)1-2-25-16(12)30)4-37-43(35,45)41-15(10)20(38-8)31-6-27-13-17(31)28-21(24)29-18(13)33/h2,5-6,8-11,14-15,19-20H,1,3-4H2,(H,34,44)(H,35,45)(H3,24,28,29,33)/t8-,9-,10-,11+,14-,15-,19-,20-,42?,43?/m1/s1. The van der Waals surface area contributed by atoms with E-state index in [0.29, 0.717) is 0 Å². The first-order valence-electron chi connectivity index (χ1n) is 13.1. The summed E-state index contributed by atoms with van der Waals surface area (Å²) in [5.41, 5.74) is 4.77. The number of imidazole rings is 2. The summed E-state index contributed by atoms with van der Waals surface area (Å²) in [5, 5.41) is 0. The van der Waals surface area contributed by atoms with Crippen molar-refractivity contribution in [1.29, 1.82) is 0 Å². The third kappa shape index (κ3) is 5.62. The van der Waals surface area contributed by atoms with Gasteiger partial charge in [-0.05, 0) is 23.6 Å². The molecule has 18 nitrogen and oxygen atoms in total. The summed E-state index contributed by atoms with van der Waals surface area (Å²) in [4.78, 5) is 64.8. The Labute approximate surface area is 260 Å². The number of aromatic amines is 1. The number of alkyl halides is 2. The number of fused-ring (bicyclic) bond motifs is 5. The Hall–Kier alpha value is -2.46. The van der Waals surface area contributed by atoms with Gasteiger partial charge >= 0.3 is 13.4 Å². The minimum Gasteiger partial charge on any atom is -0.369 e. The maximum atomic E-state index is 16.0. The maximum absolute atomic E-state index is 16.0. The number of hydrogen-bond acceptors (Lipinski definition) is 15. The van der Waals surface area contributed by atoms with Crippen molar-refractivity contribution in [1.82, 2.24) is 29.1 Å². The van der Waals surface area contributed by atoms with Gasteiger partial charge in [-0.3, -0.25) is 32.8 Å². The van der Waals surface area contributed by atoms with Crippen molar-refractivity contribution in [2.45, 2.75) is 55.6 Å². The molecule has 2 unspecified atom stereocenters. The molecule has 0 amide bonds. The van der Waals surface area contributed by atoms with Gasteiger partial charge in [0.25, 0.3) is 5.56 Å². The number of carbonyl (C=O) groups excluding carboxylic acids is 1. The van der Waals surface area contributed by atoms with Crippen molar-refractivity contribution >= 4 is 72.0 Å². The lowest BCUT2D eigenvalue weighted by Gasteiger charge is -2.27. The van der Waals surface area contributed by atoms with Gasteiger partial charge in [0.2, 0.25) is 5.95 Å². The lowest BCUT2D eigenvalue weighted by Crippen LogP contribution is -2.34. The summed E-state index contributed by atoms with van der Waals surface area (Å²) in [6, 6.07) is 0. The predicted octanol–water partition coefficient (Wildman–Crippen LogP) is 0.609. The zero-order valence-corrected chi connectivity index (χ0v) is 25.8. The first kappa shape index (κ1) is 31.2. The third-order valence-corrected chi connectivity index (χ3v) is 10.5. The highest BCUT2D eigenvalue weighted by atomic mass is 32.5. The van der Waals surface area contributed by atoms with Gasteiger partial charge in [0.15, 0.2) is 53.3 Å². The minimum absolute atomic E-state index is 0.0152. The van der Waals surface area contributed by atoms with E-state index in [9.17, 15) is 19.4 Å². The highest BCUT2D eigenvalue weighted by Crippen LogP contribution is 2.54. The van der Waals surface area contributed by atoms with Gasteiger partial charge in [-0.25, -0.2) is 23.7 Å². The Kier molecular flexibility index (Phi) is 7.86. The predicted molar refractivity (Wildman–Crippen MR) is 154 cm³/mol. The lowest BCUT2D eigenvalue weighted by molar-refractivity contribution is -0.0601. The van der Waals surface area contributed by atoms with Crippen LogP contribution >= 0.6 is 13.4 Å². The number of ether oxygens (including phenoxy) is 2. The number of hydrogen-bond donors (Lipinski definition) is 4. The summed E-state index contributed by atoms with van der Waals surface area (Å²) in [6.07, 6.45) is -9.66. The van der Waals surface area contributed by atoms with E-state index in [4.69, 9.17) is 56.9 Å². The number of nitrogens with two attached hydrogens (primary N) is 1. The number of aliphatic imine (C=N–C) groups is 1. The van der Waals surface area contributed by atoms with Crippen molar-refractivity contribution in [2.75, 3.05) is 18.9 Å². The number of nitrogens with zero attached hydrogens (tertiary/aromatic N) is 6. The molecule has 3 fully saturated rings. The first-order chi connectivity index (χ1) is 21.3. The fourth-order valence-electron chi connectivity index (χ4n) is 5.35. The number of H-pyrrole nitrogens is 1. The van der Waals surface area contributed by atoms with E-state index in [1.54, 1.807) is 0 Å². The molecule has 3 saturated heterocycles. The summed E-state index contributed by atoms with van der Waals surface area (Å²) >= 11 is 10.3. The molecule has 242 valence electrons. The number of Topliss-reactive ketones (excluding diaryl/α,β-unsaturated/α-hetero) is 1. The normalized spacial score (nSPS) is 38.8. The molecule has 10 atom stereocenters. The average molecular weight is 711 g/mol. The largest absolute Gasteiger partial charge is 0.369 e. The lowest BCUT2D eigenvalue weighted by atomic mass is 10.1. The van der Waals surface area contributed by atoms with Crippen LogP contribution in [0.5, 0.6) is 0 Å². The Morgan fingerprint density at radius 3 is 2.38 bits per heavy atom. The second-order valence-corrected chi connectivity index (χ2v) is 15.8. The van der Waals surface area contributed by atoms with E-state index in [1.165, 1.54) is 17.1 Å². The zero-order valence-electron chi connectivity index (χ0n) is 22.4. The topological polar surface area (TPSA) is 233 Å². The monoisotopic (exact) mass is 710 g/mol. The molecule has 4 aliphatic heterocycles. The third-order valence-electron chi connectivity index (χ3n) is 7.37. The van der Waals surface area contributed by atoms with Crippen LogP contribution in [0.2, 0.25) is 0 Å². The molecule has 5 N–H and O–H groups in total. The Balaban J connectivity index is 1.20. The number of rotatable bonds is 2. The molecule has 7 rings (SSSR count). The van der Waals surface area contributed by atoms with Gasteiger partial charge in [-0.15, -0.1) is 0 Å². The second kappa shape index (κ2) is 11.4. The van der Waals surface area contributed by atoms with Gasteiger partial charge in [0.05, 0.1) is 25.9 Å². The fourth-order valence-corrected chi connectivity index (χ4v) is 8.20. The quantitative estimate of drug-likeness (QED) is 0.267. The Morgan fingerprint density at radius 2 is 1.62 bits per heavy atom.